The molecule has 5 nitrogen and oxygen atoms in total. The Morgan fingerprint density at radius 3 is 2.64 bits per heavy atom. The summed E-state index contributed by atoms with van der Waals surface area (Å²) in [5, 5.41) is 2.89. The van der Waals surface area contributed by atoms with Crippen LogP contribution >= 0.6 is 0 Å². The highest BCUT2D eigenvalue weighted by atomic mass is 16.5. The molecule has 132 valence electrons. The van der Waals surface area contributed by atoms with E-state index in [-0.39, 0.29) is 12.5 Å². The van der Waals surface area contributed by atoms with E-state index < -0.39 is 0 Å². The van der Waals surface area contributed by atoms with Gasteiger partial charge in [0.2, 0.25) is 0 Å². The summed E-state index contributed by atoms with van der Waals surface area (Å²) in [4.78, 5) is 19.1. The first-order valence-electron chi connectivity index (χ1n) is 8.75. The number of nitrogens with zero attached hydrogens (tertiary/aromatic N) is 2. The highest BCUT2D eigenvalue weighted by molar-refractivity contribution is 5.92. The van der Waals surface area contributed by atoms with Gasteiger partial charge in [0.25, 0.3) is 5.91 Å². The highest BCUT2D eigenvalue weighted by Crippen LogP contribution is 2.22. The molecule has 25 heavy (non-hydrogen) atoms. The number of amides is 1. The zero-order valence-corrected chi connectivity index (χ0v) is 15.1. The van der Waals surface area contributed by atoms with Crippen molar-refractivity contribution in [2.24, 2.45) is 0 Å². The topological polar surface area (TPSA) is 54.5 Å². The van der Waals surface area contributed by atoms with Crippen LogP contribution in [0.1, 0.15) is 29.7 Å². The number of rotatable bonds is 5. The second-order valence-electron chi connectivity index (χ2n) is 6.60. The Hall–Kier alpha value is -2.56. The minimum Gasteiger partial charge on any atom is -0.483 e. The summed E-state index contributed by atoms with van der Waals surface area (Å²) >= 11 is 0. The molecule has 2 heterocycles. The number of aryl methyl sites for hydroxylation is 3. The predicted octanol–water partition coefficient (Wildman–Crippen LogP) is 3.62. The van der Waals surface area contributed by atoms with E-state index in [4.69, 9.17) is 4.74 Å². The molecular weight excluding hydrogens is 314 g/mol. The first-order chi connectivity index (χ1) is 12.0. The molecule has 0 saturated carbocycles. The SMILES string of the molecule is Cc1ccc(C)c(OCC(=O)Nc2ccc(N3CCCC3)nc2C)c1. The minimum atomic E-state index is -0.181. The Morgan fingerprint density at radius 2 is 1.92 bits per heavy atom. The standard InChI is InChI=1S/C20H25N3O2/c1-14-6-7-15(2)18(12-14)25-13-20(24)22-17-8-9-19(21-16(17)3)23-10-4-5-11-23/h6-9,12H,4-5,10-11,13H2,1-3H3,(H,22,24). The number of anilines is 2. The van der Waals surface area contributed by atoms with Crippen molar-refractivity contribution in [1.82, 2.24) is 4.98 Å². The van der Waals surface area contributed by atoms with Crippen LogP contribution in [0.15, 0.2) is 30.3 Å². The number of aromatic nitrogens is 1. The van der Waals surface area contributed by atoms with E-state index in [0.29, 0.717) is 0 Å². The first-order valence-corrected chi connectivity index (χ1v) is 8.75. The van der Waals surface area contributed by atoms with Gasteiger partial charge in [-0.15, -0.1) is 0 Å². The molecule has 0 radical (unpaired) electrons. The van der Waals surface area contributed by atoms with Gasteiger partial charge in [-0.05, 0) is 62.9 Å². The number of carbonyl (C=O) groups excluding carboxylic acids is 1. The van der Waals surface area contributed by atoms with Crippen molar-refractivity contribution < 1.29 is 9.53 Å². The normalized spacial score (nSPS) is 13.8. The zero-order valence-electron chi connectivity index (χ0n) is 15.1. The Labute approximate surface area is 149 Å². The maximum atomic E-state index is 12.2. The summed E-state index contributed by atoms with van der Waals surface area (Å²) in [6.07, 6.45) is 2.43. The lowest BCUT2D eigenvalue weighted by atomic mass is 10.1. The monoisotopic (exact) mass is 339 g/mol. The van der Waals surface area contributed by atoms with Gasteiger partial charge in [0.05, 0.1) is 11.4 Å². The molecule has 1 amide bonds. The fourth-order valence-corrected chi connectivity index (χ4v) is 2.99. The number of hydrogen-bond acceptors (Lipinski definition) is 4. The fraction of sp³-hybridized carbons (Fsp3) is 0.400. The van der Waals surface area contributed by atoms with Crippen molar-refractivity contribution >= 4 is 17.4 Å². The summed E-state index contributed by atoms with van der Waals surface area (Å²) in [6, 6.07) is 9.86. The number of nitrogens with one attached hydrogen (secondary N) is 1. The van der Waals surface area contributed by atoms with Crippen LogP contribution in [-0.4, -0.2) is 30.6 Å². The van der Waals surface area contributed by atoms with Gasteiger partial charge in [0, 0.05) is 13.1 Å². The van der Waals surface area contributed by atoms with Crippen LogP contribution in [0.4, 0.5) is 11.5 Å². The van der Waals surface area contributed by atoms with Gasteiger partial charge in [-0.2, -0.15) is 0 Å². The van der Waals surface area contributed by atoms with Gasteiger partial charge >= 0.3 is 0 Å². The quantitative estimate of drug-likeness (QED) is 0.904. The van der Waals surface area contributed by atoms with Crippen molar-refractivity contribution in [1.29, 1.82) is 0 Å². The molecule has 5 heteroatoms. The predicted molar refractivity (Wildman–Crippen MR) is 100 cm³/mol. The maximum Gasteiger partial charge on any atom is 0.262 e. The maximum absolute atomic E-state index is 12.2. The zero-order chi connectivity index (χ0) is 17.8. The Bertz CT molecular complexity index is 768. The number of benzene rings is 1. The van der Waals surface area contributed by atoms with Gasteiger partial charge in [-0.25, -0.2) is 4.98 Å². The molecule has 1 fully saturated rings. The number of hydrogen-bond donors (Lipinski definition) is 1. The van der Waals surface area contributed by atoms with Crippen molar-refractivity contribution in [3.05, 3.63) is 47.2 Å². The third-order valence-electron chi connectivity index (χ3n) is 4.48. The third kappa shape index (κ3) is 4.29. The van der Waals surface area contributed by atoms with Crippen LogP contribution in [0.25, 0.3) is 0 Å². The third-order valence-corrected chi connectivity index (χ3v) is 4.48. The lowest BCUT2D eigenvalue weighted by Gasteiger charge is -2.18. The van der Waals surface area contributed by atoms with Crippen molar-refractivity contribution in [3.63, 3.8) is 0 Å². The smallest absolute Gasteiger partial charge is 0.262 e. The molecule has 0 atom stereocenters. The molecule has 0 spiro atoms. The molecule has 1 N–H and O–H groups in total. The average molecular weight is 339 g/mol. The van der Waals surface area contributed by atoms with Crippen LogP contribution < -0.4 is 15.0 Å². The summed E-state index contributed by atoms with van der Waals surface area (Å²) in [6.45, 7) is 7.99. The summed E-state index contributed by atoms with van der Waals surface area (Å²) in [5.41, 5.74) is 3.69. The Morgan fingerprint density at radius 1 is 1.16 bits per heavy atom. The molecule has 0 unspecified atom stereocenters. The first kappa shape index (κ1) is 17.3. The van der Waals surface area contributed by atoms with Gasteiger partial charge in [-0.3, -0.25) is 4.79 Å². The highest BCUT2D eigenvalue weighted by Gasteiger charge is 2.15. The van der Waals surface area contributed by atoms with Gasteiger partial charge in [0.1, 0.15) is 11.6 Å². The van der Waals surface area contributed by atoms with E-state index in [2.05, 4.69) is 15.2 Å². The minimum absolute atomic E-state index is 0.0163. The second-order valence-corrected chi connectivity index (χ2v) is 6.60. The van der Waals surface area contributed by atoms with Gasteiger partial charge in [-0.1, -0.05) is 12.1 Å². The molecule has 1 saturated heterocycles. The average Bonchev–Trinajstić information content (AvgIpc) is 3.12. The van der Waals surface area contributed by atoms with Gasteiger partial charge in [0.15, 0.2) is 6.61 Å². The lowest BCUT2D eigenvalue weighted by Crippen LogP contribution is -2.22. The molecular formula is C20H25N3O2. The van der Waals surface area contributed by atoms with E-state index in [0.717, 1.165) is 47.2 Å². The van der Waals surface area contributed by atoms with E-state index in [1.54, 1.807) is 0 Å². The molecule has 2 aromatic rings. The van der Waals surface area contributed by atoms with Crippen LogP contribution in [-0.2, 0) is 4.79 Å². The molecule has 0 bridgehead atoms. The van der Waals surface area contributed by atoms with E-state index in [1.807, 2.05) is 51.1 Å². The molecule has 1 aliphatic heterocycles. The Balaban J connectivity index is 1.60. The van der Waals surface area contributed by atoms with Crippen molar-refractivity contribution in [3.8, 4) is 5.75 Å². The van der Waals surface area contributed by atoms with Crippen LogP contribution in [0.5, 0.6) is 5.75 Å². The van der Waals surface area contributed by atoms with E-state index in [1.165, 1.54) is 12.8 Å². The number of ether oxygens (including phenoxy) is 1. The van der Waals surface area contributed by atoms with Crippen LogP contribution in [0, 0.1) is 20.8 Å². The summed E-state index contributed by atoms with van der Waals surface area (Å²) < 4.78 is 5.66. The molecule has 0 aliphatic carbocycles. The van der Waals surface area contributed by atoms with E-state index >= 15 is 0 Å². The van der Waals surface area contributed by atoms with Crippen molar-refractivity contribution in [2.45, 2.75) is 33.6 Å². The van der Waals surface area contributed by atoms with Crippen molar-refractivity contribution in [2.75, 3.05) is 29.9 Å². The summed E-state index contributed by atoms with van der Waals surface area (Å²) in [7, 11) is 0. The Kier molecular flexibility index (Phi) is 5.22. The van der Waals surface area contributed by atoms with E-state index in [9.17, 15) is 4.79 Å². The van der Waals surface area contributed by atoms with Crippen LogP contribution in [0.3, 0.4) is 0 Å². The lowest BCUT2D eigenvalue weighted by molar-refractivity contribution is -0.118. The molecule has 1 aromatic heterocycles. The molecule has 1 aromatic carbocycles. The van der Waals surface area contributed by atoms with Crippen LogP contribution in [0.2, 0.25) is 0 Å². The second kappa shape index (κ2) is 7.55. The van der Waals surface area contributed by atoms with Gasteiger partial charge < -0.3 is 15.0 Å². The number of carbonyl (C=O) groups is 1. The largest absolute Gasteiger partial charge is 0.483 e. The fourth-order valence-electron chi connectivity index (χ4n) is 2.99. The molecule has 1 aliphatic rings. The number of pyridine rings is 1. The summed E-state index contributed by atoms with van der Waals surface area (Å²) in [5.74, 6) is 1.55. The molecule has 3 rings (SSSR count).